The molecule has 1 N–H and O–H groups in total. The molecule has 8 heteroatoms. The highest BCUT2D eigenvalue weighted by Gasteiger charge is 2.24. The minimum Gasteiger partial charge on any atom is -0.373 e. The third-order valence-corrected chi connectivity index (χ3v) is 2.40. The average molecular weight is 266 g/mol. The first-order valence-corrected chi connectivity index (χ1v) is 5.18. The van der Waals surface area contributed by atoms with Crippen molar-refractivity contribution in [2.24, 2.45) is 0 Å². The van der Waals surface area contributed by atoms with Crippen molar-refractivity contribution >= 4 is 11.5 Å². The molecule has 0 spiro atoms. The van der Waals surface area contributed by atoms with Crippen molar-refractivity contribution in [3.8, 4) is 11.4 Å². The van der Waals surface area contributed by atoms with Gasteiger partial charge in [0.25, 0.3) is 0 Å². The zero-order valence-corrected chi connectivity index (χ0v) is 9.72. The lowest BCUT2D eigenvalue weighted by Crippen LogP contribution is -2.02. The lowest BCUT2D eigenvalue weighted by atomic mass is 10.1. The van der Waals surface area contributed by atoms with Gasteiger partial charge in [0.05, 0.1) is 10.5 Å². The molecular weight excluding hydrogens is 258 g/mol. The number of nitrogens with zero attached hydrogens (tertiary/aromatic N) is 3. The van der Waals surface area contributed by atoms with Crippen molar-refractivity contribution in [2.75, 3.05) is 12.4 Å². The van der Waals surface area contributed by atoms with Crippen LogP contribution in [0.25, 0.3) is 11.4 Å². The molecule has 0 unspecified atom stereocenters. The molecule has 2 rings (SSSR count). The Morgan fingerprint density at radius 2 is 2.05 bits per heavy atom. The Balaban J connectivity index is 2.66. The third kappa shape index (κ3) is 2.32. The predicted molar refractivity (Wildman–Crippen MR) is 63.6 cm³/mol. The van der Waals surface area contributed by atoms with Crippen LogP contribution in [-0.2, 0) is 0 Å². The van der Waals surface area contributed by atoms with Gasteiger partial charge in [-0.05, 0) is 12.1 Å². The van der Waals surface area contributed by atoms with E-state index >= 15 is 0 Å². The summed E-state index contributed by atoms with van der Waals surface area (Å²) in [5.41, 5.74) is -1.44. The van der Waals surface area contributed by atoms with Crippen molar-refractivity contribution in [3.63, 3.8) is 0 Å². The number of nitro benzene ring substituents is 1. The maximum Gasteiger partial charge on any atom is 0.305 e. The number of anilines is 1. The van der Waals surface area contributed by atoms with Crippen LogP contribution in [-0.4, -0.2) is 21.9 Å². The molecule has 6 nitrogen and oxygen atoms in total. The minimum absolute atomic E-state index is 0.259. The minimum atomic E-state index is -1.29. The second kappa shape index (κ2) is 4.92. The molecule has 0 saturated heterocycles. The van der Waals surface area contributed by atoms with Crippen LogP contribution in [0.2, 0.25) is 0 Å². The Labute approximate surface area is 106 Å². The predicted octanol–water partition coefficient (Wildman–Crippen LogP) is 2.37. The smallest absolute Gasteiger partial charge is 0.305 e. The Morgan fingerprint density at radius 3 is 2.68 bits per heavy atom. The second-order valence-electron chi connectivity index (χ2n) is 3.53. The highest BCUT2D eigenvalue weighted by atomic mass is 19.1. The van der Waals surface area contributed by atoms with Crippen molar-refractivity contribution in [2.45, 2.75) is 0 Å². The van der Waals surface area contributed by atoms with Crippen molar-refractivity contribution in [1.82, 2.24) is 9.97 Å². The highest BCUT2D eigenvalue weighted by Crippen LogP contribution is 2.29. The van der Waals surface area contributed by atoms with Crippen LogP contribution in [0.5, 0.6) is 0 Å². The summed E-state index contributed by atoms with van der Waals surface area (Å²) in [7, 11) is 1.58. The van der Waals surface area contributed by atoms with Gasteiger partial charge in [0.2, 0.25) is 5.82 Å². The molecule has 0 aliphatic carbocycles. The molecule has 2 aromatic rings. The molecule has 1 heterocycles. The van der Waals surface area contributed by atoms with Crippen molar-refractivity contribution < 1.29 is 13.7 Å². The first-order chi connectivity index (χ1) is 9.04. The maximum atomic E-state index is 13.9. The summed E-state index contributed by atoms with van der Waals surface area (Å²) in [6, 6.07) is 3.07. The topological polar surface area (TPSA) is 81.0 Å². The Kier molecular flexibility index (Phi) is 3.32. The fourth-order valence-electron chi connectivity index (χ4n) is 1.51. The van der Waals surface area contributed by atoms with Crippen LogP contribution in [0.4, 0.5) is 20.3 Å². The Morgan fingerprint density at radius 1 is 1.32 bits per heavy atom. The van der Waals surface area contributed by atoms with Gasteiger partial charge in [0.15, 0.2) is 5.82 Å². The normalized spacial score (nSPS) is 10.3. The number of rotatable bonds is 3. The van der Waals surface area contributed by atoms with E-state index in [4.69, 9.17) is 0 Å². The zero-order chi connectivity index (χ0) is 14.0. The number of aromatic nitrogens is 2. The summed E-state index contributed by atoms with van der Waals surface area (Å²) in [5.74, 6) is -2.17. The van der Waals surface area contributed by atoms with Gasteiger partial charge < -0.3 is 5.32 Å². The van der Waals surface area contributed by atoms with Gasteiger partial charge in [-0.2, -0.15) is 4.39 Å². The summed E-state index contributed by atoms with van der Waals surface area (Å²) >= 11 is 0. The highest BCUT2D eigenvalue weighted by molar-refractivity contribution is 5.62. The molecular formula is C11H8F2N4O2. The molecule has 0 amide bonds. The Bertz CT molecular complexity index is 649. The molecule has 0 bridgehead atoms. The van der Waals surface area contributed by atoms with Crippen LogP contribution in [0, 0.1) is 21.7 Å². The van der Waals surface area contributed by atoms with E-state index < -0.39 is 27.8 Å². The van der Waals surface area contributed by atoms with Gasteiger partial charge in [-0.3, -0.25) is 10.1 Å². The van der Waals surface area contributed by atoms with Gasteiger partial charge in [-0.15, -0.1) is 0 Å². The Hall–Kier alpha value is -2.64. The van der Waals surface area contributed by atoms with Crippen LogP contribution < -0.4 is 5.32 Å². The van der Waals surface area contributed by atoms with E-state index in [0.29, 0.717) is 5.82 Å². The van der Waals surface area contributed by atoms with Gasteiger partial charge >= 0.3 is 5.69 Å². The van der Waals surface area contributed by atoms with E-state index in [0.717, 1.165) is 12.1 Å². The number of nitro groups is 1. The molecule has 0 aliphatic rings. The summed E-state index contributed by atoms with van der Waals surface area (Å²) in [5, 5.41) is 13.3. The van der Waals surface area contributed by atoms with E-state index in [1.54, 1.807) is 7.05 Å². The number of nitrogens with one attached hydrogen (secondary N) is 1. The summed E-state index contributed by atoms with van der Waals surface area (Å²) in [6.45, 7) is 0. The van der Waals surface area contributed by atoms with E-state index in [9.17, 15) is 18.9 Å². The fraction of sp³-hybridized carbons (Fsp3) is 0.0909. The lowest BCUT2D eigenvalue weighted by molar-refractivity contribution is -0.387. The summed E-state index contributed by atoms with van der Waals surface area (Å²) in [6.07, 6.45) is 1.30. The third-order valence-electron chi connectivity index (χ3n) is 2.40. The quantitative estimate of drug-likeness (QED) is 0.681. The van der Waals surface area contributed by atoms with Crippen molar-refractivity contribution in [3.05, 3.63) is 46.1 Å². The lowest BCUT2D eigenvalue weighted by Gasteiger charge is -2.05. The van der Waals surface area contributed by atoms with Crippen molar-refractivity contribution in [1.29, 1.82) is 0 Å². The summed E-state index contributed by atoms with van der Waals surface area (Å²) in [4.78, 5) is 17.3. The summed E-state index contributed by atoms with van der Waals surface area (Å²) < 4.78 is 27.6. The molecule has 0 atom stereocenters. The standard InChI is InChI=1S/C11H8F2N4O2/c1-14-8-4-5-15-11(16-8)9-6(12)2-3-7(10(9)13)17(18)19/h2-5H,1H3,(H,14,15,16). The molecule has 0 saturated carbocycles. The molecule has 0 aliphatic heterocycles. The van der Waals surface area contributed by atoms with Crippen LogP contribution in [0.1, 0.15) is 0 Å². The van der Waals surface area contributed by atoms with E-state index in [1.165, 1.54) is 12.3 Å². The number of halogens is 2. The maximum absolute atomic E-state index is 13.9. The van der Waals surface area contributed by atoms with Gasteiger partial charge in [-0.25, -0.2) is 14.4 Å². The SMILES string of the molecule is CNc1ccnc(-c2c(F)ccc([N+](=O)[O-])c2F)n1. The number of hydrogen-bond acceptors (Lipinski definition) is 5. The fourth-order valence-corrected chi connectivity index (χ4v) is 1.51. The second-order valence-corrected chi connectivity index (χ2v) is 3.53. The van der Waals surface area contributed by atoms with Crippen LogP contribution >= 0.6 is 0 Å². The molecule has 1 aromatic carbocycles. The molecule has 98 valence electrons. The first-order valence-electron chi connectivity index (χ1n) is 5.18. The van der Waals surface area contributed by atoms with Gasteiger partial charge in [0, 0.05) is 19.3 Å². The largest absolute Gasteiger partial charge is 0.373 e. The average Bonchev–Trinajstić information content (AvgIpc) is 2.38. The molecule has 0 radical (unpaired) electrons. The molecule has 19 heavy (non-hydrogen) atoms. The van der Waals surface area contributed by atoms with E-state index in [-0.39, 0.29) is 5.82 Å². The van der Waals surface area contributed by atoms with E-state index in [2.05, 4.69) is 15.3 Å². The van der Waals surface area contributed by atoms with E-state index in [1.807, 2.05) is 0 Å². The van der Waals surface area contributed by atoms with Gasteiger partial charge in [-0.1, -0.05) is 0 Å². The molecule has 1 aromatic heterocycles. The number of benzene rings is 1. The molecule has 0 fully saturated rings. The first kappa shape index (κ1) is 12.8. The van der Waals surface area contributed by atoms with Crippen LogP contribution in [0.15, 0.2) is 24.4 Å². The van der Waals surface area contributed by atoms with Gasteiger partial charge in [0.1, 0.15) is 11.6 Å². The van der Waals surface area contributed by atoms with Crippen LogP contribution in [0.3, 0.4) is 0 Å². The number of hydrogen-bond donors (Lipinski definition) is 1. The zero-order valence-electron chi connectivity index (χ0n) is 9.72. The monoisotopic (exact) mass is 266 g/mol.